The largest absolute Gasteiger partial charge is 0.497 e. The van der Waals surface area contributed by atoms with Crippen molar-refractivity contribution in [1.29, 1.82) is 0 Å². The van der Waals surface area contributed by atoms with Crippen molar-refractivity contribution in [3.8, 4) is 5.75 Å². The first-order valence-corrected chi connectivity index (χ1v) is 9.70. The first-order valence-electron chi connectivity index (χ1n) is 8.26. The summed E-state index contributed by atoms with van der Waals surface area (Å²) in [4.78, 5) is 2.27. The Morgan fingerprint density at radius 2 is 1.76 bits per heavy atom. The molecule has 25 heavy (non-hydrogen) atoms. The third kappa shape index (κ3) is 4.20. The van der Waals surface area contributed by atoms with Gasteiger partial charge in [0.05, 0.1) is 12.0 Å². The van der Waals surface area contributed by atoms with Gasteiger partial charge in [0.2, 0.25) is 0 Å². The van der Waals surface area contributed by atoms with Gasteiger partial charge in [0.25, 0.3) is 10.0 Å². The molecule has 0 unspecified atom stereocenters. The van der Waals surface area contributed by atoms with E-state index in [1.54, 1.807) is 31.4 Å². The third-order valence-electron chi connectivity index (χ3n) is 4.27. The van der Waals surface area contributed by atoms with Crippen LogP contribution < -0.4 is 4.74 Å². The zero-order valence-corrected chi connectivity index (χ0v) is 15.3. The lowest BCUT2D eigenvalue weighted by molar-refractivity contribution is 0.413. The normalized spacial score (nSPS) is 16.4. The van der Waals surface area contributed by atoms with Crippen LogP contribution in [0.2, 0.25) is 0 Å². The molecule has 0 amide bonds. The molecule has 1 fully saturated rings. The number of rotatable bonds is 5. The predicted molar refractivity (Wildman–Crippen MR) is 98.4 cm³/mol. The van der Waals surface area contributed by atoms with Crippen LogP contribution in [0.4, 0.5) is 0 Å². The van der Waals surface area contributed by atoms with Crippen molar-refractivity contribution in [2.75, 3.05) is 13.7 Å². The maximum Gasteiger partial charge on any atom is 0.283 e. The first kappa shape index (κ1) is 17.5. The van der Waals surface area contributed by atoms with Crippen molar-refractivity contribution in [3.05, 3.63) is 59.7 Å². The van der Waals surface area contributed by atoms with Gasteiger partial charge in [-0.05, 0) is 43.2 Å². The van der Waals surface area contributed by atoms with E-state index in [0.717, 1.165) is 29.8 Å². The second-order valence-electron chi connectivity index (χ2n) is 6.17. The van der Waals surface area contributed by atoms with Crippen molar-refractivity contribution in [2.24, 2.45) is 4.40 Å². The van der Waals surface area contributed by atoms with Crippen LogP contribution in [0.25, 0.3) is 0 Å². The maximum absolute atomic E-state index is 12.6. The minimum atomic E-state index is -3.67. The van der Waals surface area contributed by atoms with Gasteiger partial charge in [0, 0.05) is 19.5 Å². The van der Waals surface area contributed by atoms with Crippen LogP contribution >= 0.6 is 0 Å². The van der Waals surface area contributed by atoms with Gasteiger partial charge in [-0.3, -0.25) is 0 Å². The zero-order chi connectivity index (χ0) is 17.9. The summed E-state index contributed by atoms with van der Waals surface area (Å²) < 4.78 is 34.4. The highest BCUT2D eigenvalue weighted by atomic mass is 32.2. The second-order valence-corrected chi connectivity index (χ2v) is 7.77. The number of methoxy groups -OCH3 is 1. The van der Waals surface area contributed by atoms with Gasteiger partial charge < -0.3 is 9.64 Å². The molecule has 0 radical (unpaired) electrons. The quantitative estimate of drug-likeness (QED) is 0.822. The van der Waals surface area contributed by atoms with E-state index < -0.39 is 10.0 Å². The Bertz CT molecular complexity index is 857. The van der Waals surface area contributed by atoms with E-state index in [0.29, 0.717) is 18.8 Å². The molecule has 0 aliphatic carbocycles. The molecule has 0 saturated carbocycles. The summed E-state index contributed by atoms with van der Waals surface area (Å²) in [7, 11) is -2.03. The minimum Gasteiger partial charge on any atom is -0.497 e. The molecule has 0 atom stereocenters. The van der Waals surface area contributed by atoms with Crippen molar-refractivity contribution in [1.82, 2.24) is 4.90 Å². The first-order chi connectivity index (χ1) is 12.0. The lowest BCUT2D eigenvalue weighted by Crippen LogP contribution is -2.25. The Morgan fingerprint density at radius 3 is 2.40 bits per heavy atom. The molecule has 1 saturated heterocycles. The second kappa shape index (κ2) is 7.27. The molecule has 0 N–H and O–H groups in total. The van der Waals surface area contributed by atoms with Gasteiger partial charge in [-0.1, -0.05) is 29.8 Å². The van der Waals surface area contributed by atoms with Crippen LogP contribution in [-0.4, -0.2) is 32.8 Å². The van der Waals surface area contributed by atoms with E-state index in [1.807, 2.05) is 36.1 Å². The Balaban J connectivity index is 1.80. The molecule has 0 aromatic heterocycles. The molecule has 3 rings (SSSR count). The SMILES string of the molecule is COc1ccc(CN2CCC/C2=N/S(=O)(=O)c2ccc(C)cc2)cc1. The highest BCUT2D eigenvalue weighted by Gasteiger charge is 2.23. The number of likely N-dealkylation sites (tertiary alicyclic amines) is 1. The fourth-order valence-electron chi connectivity index (χ4n) is 2.84. The molecular formula is C19H22N2O3S. The molecule has 1 heterocycles. The minimum absolute atomic E-state index is 0.238. The molecule has 5 nitrogen and oxygen atoms in total. The molecule has 0 spiro atoms. The molecule has 2 aromatic rings. The van der Waals surface area contributed by atoms with Crippen LogP contribution in [0.1, 0.15) is 24.0 Å². The summed E-state index contributed by atoms with van der Waals surface area (Å²) in [5, 5.41) is 0. The Kier molecular flexibility index (Phi) is 5.08. The number of benzene rings is 2. The molecular weight excluding hydrogens is 336 g/mol. The molecule has 0 bridgehead atoms. The number of hydrogen-bond donors (Lipinski definition) is 0. The number of nitrogens with zero attached hydrogens (tertiary/aromatic N) is 2. The van der Waals surface area contributed by atoms with E-state index in [9.17, 15) is 8.42 Å². The van der Waals surface area contributed by atoms with Gasteiger partial charge in [-0.2, -0.15) is 8.42 Å². The van der Waals surface area contributed by atoms with Crippen LogP contribution in [0.3, 0.4) is 0 Å². The fraction of sp³-hybridized carbons (Fsp3) is 0.316. The molecule has 2 aromatic carbocycles. The monoisotopic (exact) mass is 358 g/mol. The summed E-state index contributed by atoms with van der Waals surface area (Å²) in [6.45, 7) is 3.39. The maximum atomic E-state index is 12.6. The van der Waals surface area contributed by atoms with Crippen LogP contribution in [-0.2, 0) is 16.6 Å². The fourth-order valence-corrected chi connectivity index (χ4v) is 3.91. The Labute approximate surface area is 149 Å². The molecule has 1 aliphatic heterocycles. The van der Waals surface area contributed by atoms with Crippen molar-refractivity contribution < 1.29 is 13.2 Å². The standard InChI is InChI=1S/C19H22N2O3S/c1-15-5-11-18(12-6-15)25(22,23)20-19-4-3-13-21(19)14-16-7-9-17(24-2)10-8-16/h5-12H,3-4,13-14H2,1-2H3/b20-19-. The smallest absolute Gasteiger partial charge is 0.283 e. The summed E-state index contributed by atoms with van der Waals surface area (Å²) in [6.07, 6.45) is 1.60. The summed E-state index contributed by atoms with van der Waals surface area (Å²) >= 11 is 0. The zero-order valence-electron chi connectivity index (χ0n) is 14.5. The summed E-state index contributed by atoms with van der Waals surface area (Å²) in [6, 6.07) is 14.6. The van der Waals surface area contributed by atoms with Gasteiger partial charge in [-0.15, -0.1) is 4.40 Å². The lowest BCUT2D eigenvalue weighted by atomic mass is 10.2. The summed E-state index contributed by atoms with van der Waals surface area (Å²) in [5.74, 6) is 1.44. The van der Waals surface area contributed by atoms with E-state index in [-0.39, 0.29) is 4.90 Å². The van der Waals surface area contributed by atoms with Gasteiger partial charge in [0.15, 0.2) is 0 Å². The number of ether oxygens (including phenoxy) is 1. The highest BCUT2D eigenvalue weighted by Crippen LogP contribution is 2.21. The van der Waals surface area contributed by atoms with E-state index >= 15 is 0 Å². The third-order valence-corrected chi connectivity index (χ3v) is 5.59. The van der Waals surface area contributed by atoms with Gasteiger partial charge >= 0.3 is 0 Å². The molecule has 132 valence electrons. The lowest BCUT2D eigenvalue weighted by Gasteiger charge is -2.19. The predicted octanol–water partition coefficient (Wildman–Crippen LogP) is 3.39. The average Bonchev–Trinajstić information content (AvgIpc) is 3.02. The number of hydrogen-bond acceptors (Lipinski definition) is 3. The van der Waals surface area contributed by atoms with Crippen LogP contribution in [0, 0.1) is 6.92 Å². The average molecular weight is 358 g/mol. The molecule has 6 heteroatoms. The van der Waals surface area contributed by atoms with Crippen LogP contribution in [0.15, 0.2) is 57.8 Å². The van der Waals surface area contributed by atoms with Crippen molar-refractivity contribution in [2.45, 2.75) is 31.2 Å². The summed E-state index contributed by atoms with van der Waals surface area (Å²) in [5.41, 5.74) is 2.12. The molecule has 1 aliphatic rings. The number of amidine groups is 1. The van der Waals surface area contributed by atoms with Gasteiger partial charge in [0.1, 0.15) is 11.6 Å². The topological polar surface area (TPSA) is 59.0 Å². The van der Waals surface area contributed by atoms with E-state index in [2.05, 4.69) is 4.40 Å². The number of aryl methyl sites for hydroxylation is 1. The Morgan fingerprint density at radius 1 is 1.08 bits per heavy atom. The van der Waals surface area contributed by atoms with E-state index in [1.165, 1.54) is 0 Å². The van der Waals surface area contributed by atoms with Crippen molar-refractivity contribution >= 4 is 15.9 Å². The van der Waals surface area contributed by atoms with Crippen molar-refractivity contribution in [3.63, 3.8) is 0 Å². The van der Waals surface area contributed by atoms with Gasteiger partial charge in [-0.25, -0.2) is 0 Å². The Hall–Kier alpha value is -2.34. The highest BCUT2D eigenvalue weighted by molar-refractivity contribution is 7.90. The van der Waals surface area contributed by atoms with E-state index in [4.69, 9.17) is 4.74 Å². The van der Waals surface area contributed by atoms with Crippen LogP contribution in [0.5, 0.6) is 5.75 Å². The number of sulfonamides is 1.